The van der Waals surface area contributed by atoms with Crippen LogP contribution in [-0.2, 0) is 0 Å². The number of carbonyl (C=O) groups excluding carboxylic acids is 2. The van der Waals surface area contributed by atoms with Crippen molar-refractivity contribution in [3.63, 3.8) is 0 Å². The van der Waals surface area contributed by atoms with Gasteiger partial charge in [0.05, 0.1) is 17.8 Å². The number of benzene rings is 1. The van der Waals surface area contributed by atoms with Crippen molar-refractivity contribution in [1.29, 1.82) is 0 Å². The Kier molecular flexibility index (Phi) is 6.34. The number of thiazole rings is 1. The maximum absolute atomic E-state index is 12.9. The van der Waals surface area contributed by atoms with E-state index in [9.17, 15) is 9.59 Å². The predicted octanol–water partition coefficient (Wildman–Crippen LogP) is 3.54. The van der Waals surface area contributed by atoms with Crippen molar-refractivity contribution in [2.24, 2.45) is 0 Å². The Bertz CT molecular complexity index is 864. The van der Waals surface area contributed by atoms with E-state index in [2.05, 4.69) is 4.98 Å². The summed E-state index contributed by atoms with van der Waals surface area (Å²) in [5.74, 6) is 0.718. The Morgan fingerprint density at radius 3 is 2.71 bits per heavy atom. The molecular formula is C21H27N3O3S. The van der Waals surface area contributed by atoms with Crippen LogP contribution in [0.1, 0.15) is 50.0 Å². The molecular weight excluding hydrogens is 374 g/mol. The molecule has 150 valence electrons. The molecule has 3 rings (SSSR count). The van der Waals surface area contributed by atoms with E-state index in [0.717, 1.165) is 34.8 Å². The van der Waals surface area contributed by atoms with E-state index in [-0.39, 0.29) is 17.9 Å². The second-order valence-corrected chi connectivity index (χ2v) is 8.38. The average molecular weight is 402 g/mol. The molecule has 0 spiro atoms. The van der Waals surface area contributed by atoms with E-state index < -0.39 is 0 Å². The van der Waals surface area contributed by atoms with Crippen LogP contribution in [0.4, 0.5) is 0 Å². The van der Waals surface area contributed by atoms with Crippen LogP contribution in [0, 0.1) is 13.8 Å². The number of hydrogen-bond acceptors (Lipinski definition) is 5. The molecule has 1 aliphatic heterocycles. The van der Waals surface area contributed by atoms with Gasteiger partial charge in [-0.25, -0.2) is 4.98 Å². The lowest BCUT2D eigenvalue weighted by Crippen LogP contribution is -2.38. The number of amides is 2. The second kappa shape index (κ2) is 8.73. The van der Waals surface area contributed by atoms with E-state index in [1.807, 2.05) is 48.9 Å². The zero-order valence-corrected chi connectivity index (χ0v) is 17.7. The van der Waals surface area contributed by atoms with Gasteiger partial charge >= 0.3 is 0 Å². The molecule has 1 aromatic carbocycles. The fraction of sp³-hybridized carbons (Fsp3) is 0.476. The number of carbonyl (C=O) groups is 2. The number of nitrogens with zero attached hydrogens (tertiary/aromatic N) is 3. The van der Waals surface area contributed by atoms with Crippen LogP contribution in [-0.4, -0.2) is 59.9 Å². The number of aryl methyl sites for hydroxylation is 2. The van der Waals surface area contributed by atoms with Gasteiger partial charge in [-0.15, -0.1) is 11.3 Å². The highest BCUT2D eigenvalue weighted by molar-refractivity contribution is 7.13. The third-order valence-electron chi connectivity index (χ3n) is 5.27. The van der Waals surface area contributed by atoms with Gasteiger partial charge < -0.3 is 14.5 Å². The first-order chi connectivity index (χ1) is 13.4. The number of hydrogen-bond donors (Lipinski definition) is 0. The minimum absolute atomic E-state index is 0.0161. The van der Waals surface area contributed by atoms with E-state index in [1.54, 1.807) is 13.2 Å². The third kappa shape index (κ3) is 4.35. The summed E-state index contributed by atoms with van der Waals surface area (Å²) in [5, 5.41) is 0.914. The summed E-state index contributed by atoms with van der Waals surface area (Å²) in [6, 6.07) is 7.34. The Labute approximate surface area is 170 Å². The quantitative estimate of drug-likeness (QED) is 0.786. The van der Waals surface area contributed by atoms with Gasteiger partial charge in [-0.2, -0.15) is 0 Å². The number of likely N-dealkylation sites (tertiary alicyclic amines) is 1. The lowest BCUT2D eigenvalue weighted by molar-refractivity contribution is 0.0710. The van der Waals surface area contributed by atoms with Crippen LogP contribution in [0.25, 0.3) is 0 Å². The molecule has 2 amide bonds. The fourth-order valence-corrected chi connectivity index (χ4v) is 4.56. The second-order valence-electron chi connectivity index (χ2n) is 7.17. The van der Waals surface area contributed by atoms with Crippen LogP contribution >= 0.6 is 11.3 Å². The molecule has 2 aromatic rings. The highest BCUT2D eigenvalue weighted by Crippen LogP contribution is 2.24. The number of aromatic nitrogens is 1. The molecule has 0 saturated carbocycles. The number of methoxy groups -OCH3 is 1. The van der Waals surface area contributed by atoms with Crippen molar-refractivity contribution in [1.82, 2.24) is 14.8 Å². The lowest BCUT2D eigenvalue weighted by Gasteiger charge is -2.27. The highest BCUT2D eigenvalue weighted by Gasteiger charge is 2.28. The molecule has 0 aliphatic carbocycles. The van der Waals surface area contributed by atoms with Gasteiger partial charge in [-0.3, -0.25) is 9.59 Å². The van der Waals surface area contributed by atoms with Crippen LogP contribution < -0.4 is 4.74 Å². The monoisotopic (exact) mass is 401 g/mol. The van der Waals surface area contributed by atoms with Crippen molar-refractivity contribution < 1.29 is 14.3 Å². The first kappa shape index (κ1) is 20.3. The predicted molar refractivity (Wildman–Crippen MR) is 110 cm³/mol. The zero-order valence-electron chi connectivity index (χ0n) is 16.9. The van der Waals surface area contributed by atoms with Crippen molar-refractivity contribution in [2.45, 2.75) is 39.2 Å². The summed E-state index contributed by atoms with van der Waals surface area (Å²) >= 11 is 1.46. The Hall–Kier alpha value is -2.41. The van der Waals surface area contributed by atoms with Crippen LogP contribution in [0.2, 0.25) is 0 Å². The number of rotatable bonds is 4. The standard InChI is InChI=1S/C21H27N3O3S/c1-14-19(28-15(2)22-14)21(26)24-11-6-8-17(10-12-24)23(3)20(25)16-7-5-9-18(13-16)27-4/h5,7,9,13,17H,6,8,10-12H2,1-4H3. The molecule has 0 N–H and O–H groups in total. The lowest BCUT2D eigenvalue weighted by atomic mass is 10.1. The van der Waals surface area contributed by atoms with Gasteiger partial charge in [-0.05, 0) is 51.3 Å². The molecule has 0 bridgehead atoms. The van der Waals surface area contributed by atoms with Gasteiger partial charge in [0.25, 0.3) is 11.8 Å². The summed E-state index contributed by atoms with van der Waals surface area (Å²) in [7, 11) is 3.44. The van der Waals surface area contributed by atoms with Crippen molar-refractivity contribution >= 4 is 23.2 Å². The van der Waals surface area contributed by atoms with Gasteiger partial charge in [0, 0.05) is 31.7 Å². The Morgan fingerprint density at radius 2 is 2.04 bits per heavy atom. The number of ether oxygens (including phenoxy) is 1. The third-order valence-corrected chi connectivity index (χ3v) is 6.33. The first-order valence-electron chi connectivity index (χ1n) is 9.55. The van der Waals surface area contributed by atoms with Crippen LogP contribution in [0.5, 0.6) is 5.75 Å². The van der Waals surface area contributed by atoms with E-state index >= 15 is 0 Å². The van der Waals surface area contributed by atoms with Crippen molar-refractivity contribution in [3.05, 3.63) is 45.4 Å². The zero-order chi connectivity index (χ0) is 20.3. The summed E-state index contributed by atoms with van der Waals surface area (Å²) in [6.07, 6.45) is 2.54. The van der Waals surface area contributed by atoms with Crippen molar-refractivity contribution in [3.8, 4) is 5.75 Å². The summed E-state index contributed by atoms with van der Waals surface area (Å²) in [6.45, 7) is 5.17. The van der Waals surface area contributed by atoms with E-state index in [1.165, 1.54) is 11.3 Å². The normalized spacial score (nSPS) is 17.1. The molecule has 1 aromatic heterocycles. The minimum atomic E-state index is -0.0161. The summed E-state index contributed by atoms with van der Waals surface area (Å²) in [5.41, 5.74) is 1.42. The van der Waals surface area contributed by atoms with Gasteiger partial charge in [0.1, 0.15) is 10.6 Å². The molecule has 28 heavy (non-hydrogen) atoms. The molecule has 1 fully saturated rings. The first-order valence-corrected chi connectivity index (χ1v) is 10.4. The van der Waals surface area contributed by atoms with Crippen molar-refractivity contribution in [2.75, 3.05) is 27.2 Å². The average Bonchev–Trinajstić information content (AvgIpc) is 2.90. The van der Waals surface area contributed by atoms with Crippen LogP contribution in [0.3, 0.4) is 0 Å². The fourth-order valence-electron chi connectivity index (χ4n) is 3.67. The van der Waals surface area contributed by atoms with Crippen LogP contribution in [0.15, 0.2) is 24.3 Å². The molecule has 6 nitrogen and oxygen atoms in total. The molecule has 0 radical (unpaired) electrons. The van der Waals surface area contributed by atoms with E-state index in [4.69, 9.17) is 4.74 Å². The van der Waals surface area contributed by atoms with Gasteiger partial charge in [0.15, 0.2) is 0 Å². The molecule has 1 unspecified atom stereocenters. The van der Waals surface area contributed by atoms with Gasteiger partial charge in [0.2, 0.25) is 0 Å². The van der Waals surface area contributed by atoms with Gasteiger partial charge in [-0.1, -0.05) is 6.07 Å². The smallest absolute Gasteiger partial charge is 0.265 e. The van der Waals surface area contributed by atoms with E-state index in [0.29, 0.717) is 24.4 Å². The minimum Gasteiger partial charge on any atom is -0.497 e. The molecule has 1 aliphatic rings. The topological polar surface area (TPSA) is 62.7 Å². The molecule has 7 heteroatoms. The SMILES string of the molecule is COc1cccc(C(=O)N(C)C2CCCN(C(=O)c3sc(C)nc3C)CC2)c1. The Balaban J connectivity index is 1.66. The largest absolute Gasteiger partial charge is 0.497 e. The maximum Gasteiger partial charge on any atom is 0.265 e. The Morgan fingerprint density at radius 1 is 1.25 bits per heavy atom. The summed E-state index contributed by atoms with van der Waals surface area (Å²) < 4.78 is 5.23. The molecule has 2 heterocycles. The molecule has 1 saturated heterocycles. The maximum atomic E-state index is 12.9. The summed E-state index contributed by atoms with van der Waals surface area (Å²) in [4.78, 5) is 34.6. The highest BCUT2D eigenvalue weighted by atomic mass is 32.1. The molecule has 1 atom stereocenters.